The zero-order valence-corrected chi connectivity index (χ0v) is 14.2. The quantitative estimate of drug-likeness (QED) is 0.668. The van der Waals surface area contributed by atoms with Gasteiger partial charge in [0.1, 0.15) is 12.6 Å². The molecule has 0 saturated carbocycles. The summed E-state index contributed by atoms with van der Waals surface area (Å²) in [5, 5.41) is 15.1. The Morgan fingerprint density at radius 1 is 1.21 bits per heavy atom. The predicted octanol–water partition coefficient (Wildman–Crippen LogP) is 2.47. The van der Waals surface area contributed by atoms with Crippen molar-refractivity contribution in [1.82, 2.24) is 30.3 Å². The Morgan fingerprint density at radius 3 is 2.71 bits per heavy atom. The van der Waals surface area contributed by atoms with E-state index in [0.29, 0.717) is 12.2 Å². The van der Waals surface area contributed by atoms with E-state index >= 15 is 0 Å². The van der Waals surface area contributed by atoms with Gasteiger partial charge in [-0.3, -0.25) is 4.79 Å². The molecule has 1 aliphatic rings. The van der Waals surface area contributed by atoms with Gasteiger partial charge in [0.25, 0.3) is 0 Å². The molecule has 28 heavy (non-hydrogen) atoms. The summed E-state index contributed by atoms with van der Waals surface area (Å²) in [6.45, 7) is 1.58. The first-order valence-corrected chi connectivity index (χ1v) is 8.23. The van der Waals surface area contributed by atoms with Gasteiger partial charge in [-0.05, 0) is 18.2 Å². The highest BCUT2D eigenvalue weighted by molar-refractivity contribution is 5.78. The van der Waals surface area contributed by atoms with Gasteiger partial charge in [0.15, 0.2) is 5.82 Å². The SMILES string of the molecule is O=Cc1cc(-c2ncn(/C=C\c3nnc(C4CNC4)o3)n2)cc(C(F)(F)F)c1. The maximum atomic E-state index is 13.0. The first-order valence-electron chi connectivity index (χ1n) is 8.23. The Kier molecular flexibility index (Phi) is 4.51. The number of aldehydes is 1. The van der Waals surface area contributed by atoms with Gasteiger partial charge in [0, 0.05) is 36.5 Å². The number of carbonyl (C=O) groups excluding carboxylic acids is 1. The molecular weight excluding hydrogens is 377 g/mol. The van der Waals surface area contributed by atoms with Crippen molar-refractivity contribution in [3.05, 3.63) is 47.4 Å². The Hall–Kier alpha value is -3.34. The highest BCUT2D eigenvalue weighted by Crippen LogP contribution is 2.32. The van der Waals surface area contributed by atoms with Crippen molar-refractivity contribution in [2.75, 3.05) is 13.1 Å². The number of nitrogens with zero attached hydrogens (tertiary/aromatic N) is 5. The Morgan fingerprint density at radius 2 is 2.04 bits per heavy atom. The molecule has 0 spiro atoms. The standard InChI is InChI=1S/C17H13F3N6O2/c18-17(19,20)13-4-10(8-27)3-11(5-13)15-22-9-26(25-15)2-1-14-23-24-16(28-14)12-6-21-7-12/h1-5,8-9,12,21H,6-7H2/b2-1-. The van der Waals surface area contributed by atoms with E-state index < -0.39 is 11.7 Å². The van der Waals surface area contributed by atoms with Crippen LogP contribution in [-0.2, 0) is 6.18 Å². The van der Waals surface area contributed by atoms with Gasteiger partial charge < -0.3 is 9.73 Å². The normalized spacial score (nSPS) is 15.1. The minimum Gasteiger partial charge on any atom is -0.421 e. The van der Waals surface area contributed by atoms with Crippen LogP contribution in [0.15, 0.2) is 28.9 Å². The van der Waals surface area contributed by atoms with Crippen LogP contribution in [0.4, 0.5) is 13.2 Å². The molecule has 1 saturated heterocycles. The number of carbonyl (C=O) groups is 1. The molecule has 0 radical (unpaired) electrons. The highest BCUT2D eigenvalue weighted by atomic mass is 19.4. The average molecular weight is 390 g/mol. The van der Waals surface area contributed by atoms with E-state index in [-0.39, 0.29) is 28.8 Å². The summed E-state index contributed by atoms with van der Waals surface area (Å²) < 4.78 is 45.8. The molecule has 0 atom stereocenters. The maximum absolute atomic E-state index is 13.0. The molecule has 0 aliphatic carbocycles. The number of halogens is 3. The van der Waals surface area contributed by atoms with Crippen LogP contribution >= 0.6 is 0 Å². The van der Waals surface area contributed by atoms with E-state index in [4.69, 9.17) is 4.42 Å². The summed E-state index contributed by atoms with van der Waals surface area (Å²) in [5.74, 6) is 1.08. The fourth-order valence-electron chi connectivity index (χ4n) is 2.57. The lowest BCUT2D eigenvalue weighted by Gasteiger charge is -2.22. The number of benzene rings is 1. The van der Waals surface area contributed by atoms with Crippen LogP contribution in [0.2, 0.25) is 0 Å². The zero-order valence-electron chi connectivity index (χ0n) is 14.2. The van der Waals surface area contributed by atoms with Crippen molar-refractivity contribution in [3.8, 4) is 11.4 Å². The summed E-state index contributed by atoms with van der Waals surface area (Å²) in [4.78, 5) is 15.0. The molecule has 4 rings (SSSR count). The number of rotatable bonds is 5. The summed E-state index contributed by atoms with van der Waals surface area (Å²) in [5.41, 5.74) is -0.968. The number of hydrogen-bond donors (Lipinski definition) is 1. The second-order valence-electron chi connectivity index (χ2n) is 6.16. The van der Waals surface area contributed by atoms with Crippen LogP contribution in [-0.4, -0.2) is 44.3 Å². The molecule has 0 bridgehead atoms. The number of alkyl halides is 3. The molecule has 1 aromatic carbocycles. The van der Waals surface area contributed by atoms with E-state index in [9.17, 15) is 18.0 Å². The Bertz CT molecular complexity index is 1040. The van der Waals surface area contributed by atoms with Crippen molar-refractivity contribution in [2.24, 2.45) is 0 Å². The maximum Gasteiger partial charge on any atom is 0.416 e. The van der Waals surface area contributed by atoms with E-state index in [0.717, 1.165) is 25.2 Å². The van der Waals surface area contributed by atoms with Crippen LogP contribution in [0, 0.1) is 0 Å². The fraction of sp³-hybridized carbons (Fsp3) is 0.235. The molecule has 0 amide bonds. The molecule has 2 aromatic heterocycles. The molecule has 1 N–H and O–H groups in total. The smallest absolute Gasteiger partial charge is 0.416 e. The second-order valence-corrected chi connectivity index (χ2v) is 6.16. The Labute approximate surface area is 156 Å². The third kappa shape index (κ3) is 3.69. The fourth-order valence-corrected chi connectivity index (χ4v) is 2.57. The van der Waals surface area contributed by atoms with Crippen LogP contribution in [0.25, 0.3) is 23.7 Å². The molecule has 3 heterocycles. The lowest BCUT2D eigenvalue weighted by Crippen LogP contribution is -2.40. The van der Waals surface area contributed by atoms with Crippen LogP contribution < -0.4 is 5.32 Å². The van der Waals surface area contributed by atoms with Gasteiger partial charge in [0.05, 0.1) is 11.5 Å². The summed E-state index contributed by atoms with van der Waals surface area (Å²) >= 11 is 0. The molecule has 8 nitrogen and oxygen atoms in total. The Balaban J connectivity index is 1.55. The number of nitrogens with one attached hydrogen (secondary N) is 1. The molecule has 1 aliphatic heterocycles. The van der Waals surface area contributed by atoms with Crippen LogP contribution in [0.5, 0.6) is 0 Å². The summed E-state index contributed by atoms with van der Waals surface area (Å²) in [7, 11) is 0. The number of aromatic nitrogens is 5. The third-order valence-corrected chi connectivity index (χ3v) is 4.14. The molecular formula is C17H13F3N6O2. The zero-order chi connectivity index (χ0) is 19.7. The van der Waals surface area contributed by atoms with Crippen LogP contribution in [0.3, 0.4) is 0 Å². The van der Waals surface area contributed by atoms with Gasteiger partial charge in [-0.1, -0.05) is 0 Å². The molecule has 0 unspecified atom stereocenters. The minimum atomic E-state index is -4.58. The van der Waals surface area contributed by atoms with Crippen molar-refractivity contribution >= 4 is 18.6 Å². The minimum absolute atomic E-state index is 0.0469. The molecule has 3 aromatic rings. The molecule has 11 heteroatoms. The first-order chi connectivity index (χ1) is 13.4. The van der Waals surface area contributed by atoms with Gasteiger partial charge in [0.2, 0.25) is 11.8 Å². The monoisotopic (exact) mass is 390 g/mol. The van der Waals surface area contributed by atoms with Gasteiger partial charge in [-0.15, -0.1) is 15.3 Å². The summed E-state index contributed by atoms with van der Waals surface area (Å²) in [6.07, 6.45) is 0.0905. The largest absolute Gasteiger partial charge is 0.421 e. The number of hydrogen-bond acceptors (Lipinski definition) is 7. The van der Waals surface area contributed by atoms with E-state index in [1.807, 2.05) is 0 Å². The average Bonchev–Trinajstić information content (AvgIpc) is 3.27. The first kappa shape index (κ1) is 18.0. The topological polar surface area (TPSA) is 98.7 Å². The summed E-state index contributed by atoms with van der Waals surface area (Å²) in [6, 6.07) is 2.97. The van der Waals surface area contributed by atoms with Crippen molar-refractivity contribution in [1.29, 1.82) is 0 Å². The molecule has 1 fully saturated rings. The van der Waals surface area contributed by atoms with E-state index in [1.54, 1.807) is 0 Å². The predicted molar refractivity (Wildman–Crippen MR) is 91.0 cm³/mol. The van der Waals surface area contributed by atoms with Gasteiger partial charge in [-0.25, -0.2) is 9.67 Å². The lowest BCUT2D eigenvalue weighted by molar-refractivity contribution is -0.137. The van der Waals surface area contributed by atoms with Crippen molar-refractivity contribution < 1.29 is 22.4 Å². The van der Waals surface area contributed by atoms with E-state index in [2.05, 4.69) is 25.6 Å². The molecule has 144 valence electrons. The third-order valence-electron chi connectivity index (χ3n) is 4.14. The van der Waals surface area contributed by atoms with E-state index in [1.165, 1.54) is 29.4 Å². The lowest BCUT2D eigenvalue weighted by atomic mass is 10.0. The van der Waals surface area contributed by atoms with Crippen LogP contribution in [0.1, 0.15) is 33.6 Å². The van der Waals surface area contributed by atoms with Crippen molar-refractivity contribution in [3.63, 3.8) is 0 Å². The highest BCUT2D eigenvalue weighted by Gasteiger charge is 2.31. The van der Waals surface area contributed by atoms with Gasteiger partial charge in [-0.2, -0.15) is 13.2 Å². The van der Waals surface area contributed by atoms with Gasteiger partial charge >= 0.3 is 6.18 Å². The second kappa shape index (κ2) is 7.00. The van der Waals surface area contributed by atoms with Crippen molar-refractivity contribution in [2.45, 2.75) is 12.1 Å².